The molecule has 0 amide bonds. The molecule has 4 nitrogen and oxygen atoms in total. The molecule has 1 saturated carbocycles. The summed E-state index contributed by atoms with van der Waals surface area (Å²) in [4.78, 5) is 2.45. The number of hydrogen-bond acceptors (Lipinski definition) is 4. The topological polar surface area (TPSA) is 41.9 Å². The molecule has 0 unspecified atom stereocenters. The zero-order valence-electron chi connectivity index (χ0n) is 16.7. The highest BCUT2D eigenvalue weighted by Crippen LogP contribution is 2.27. The second kappa shape index (κ2) is 8.73. The monoisotopic (exact) mass is 361 g/mol. The van der Waals surface area contributed by atoms with Crippen molar-refractivity contribution in [3.05, 3.63) is 28.8 Å². The SMILES string of the molecule is Cc1cc(C)c(C)c(OC[C@@]2(O)COCCN(C3CCCCCC3)C2)c1. The van der Waals surface area contributed by atoms with Crippen molar-refractivity contribution < 1.29 is 14.6 Å². The van der Waals surface area contributed by atoms with Crippen molar-refractivity contribution in [1.29, 1.82) is 0 Å². The summed E-state index contributed by atoms with van der Waals surface area (Å²) in [6.45, 7) is 9.14. The first-order chi connectivity index (χ1) is 12.5. The predicted octanol–water partition coefficient (Wildman–Crippen LogP) is 3.78. The minimum Gasteiger partial charge on any atom is -0.490 e. The lowest BCUT2D eigenvalue weighted by Gasteiger charge is -2.35. The van der Waals surface area contributed by atoms with Crippen molar-refractivity contribution in [3.8, 4) is 5.75 Å². The van der Waals surface area contributed by atoms with Crippen LogP contribution >= 0.6 is 0 Å². The van der Waals surface area contributed by atoms with Gasteiger partial charge in [-0.3, -0.25) is 4.90 Å². The van der Waals surface area contributed by atoms with Crippen LogP contribution in [-0.2, 0) is 4.74 Å². The summed E-state index contributed by atoms with van der Waals surface area (Å²) in [5, 5.41) is 11.2. The van der Waals surface area contributed by atoms with Gasteiger partial charge in [-0.05, 0) is 56.4 Å². The number of nitrogens with zero attached hydrogens (tertiary/aromatic N) is 1. The van der Waals surface area contributed by atoms with Gasteiger partial charge in [-0.25, -0.2) is 0 Å². The van der Waals surface area contributed by atoms with E-state index < -0.39 is 5.60 Å². The molecule has 4 heteroatoms. The van der Waals surface area contributed by atoms with E-state index in [0.717, 1.165) is 17.9 Å². The van der Waals surface area contributed by atoms with E-state index in [4.69, 9.17) is 9.47 Å². The molecule has 26 heavy (non-hydrogen) atoms. The molecule has 1 saturated heterocycles. The molecule has 2 fully saturated rings. The van der Waals surface area contributed by atoms with Crippen LogP contribution in [0.5, 0.6) is 5.75 Å². The summed E-state index contributed by atoms with van der Waals surface area (Å²) in [6.07, 6.45) is 7.79. The fourth-order valence-electron chi connectivity index (χ4n) is 4.33. The molecule has 1 atom stereocenters. The zero-order valence-corrected chi connectivity index (χ0v) is 16.7. The number of hydrogen-bond donors (Lipinski definition) is 1. The molecule has 0 spiro atoms. The van der Waals surface area contributed by atoms with Crippen LogP contribution in [0.4, 0.5) is 0 Å². The third kappa shape index (κ3) is 4.99. The molecule has 1 aliphatic heterocycles. The number of ether oxygens (including phenoxy) is 2. The molecule has 0 bridgehead atoms. The molecule has 2 aliphatic rings. The van der Waals surface area contributed by atoms with Crippen LogP contribution in [0.15, 0.2) is 12.1 Å². The van der Waals surface area contributed by atoms with Gasteiger partial charge in [-0.2, -0.15) is 0 Å². The molecule has 1 aliphatic carbocycles. The fourth-order valence-corrected chi connectivity index (χ4v) is 4.33. The summed E-state index contributed by atoms with van der Waals surface area (Å²) >= 11 is 0. The number of aliphatic hydroxyl groups is 1. The third-order valence-electron chi connectivity index (χ3n) is 5.99. The average molecular weight is 362 g/mol. The van der Waals surface area contributed by atoms with Crippen LogP contribution < -0.4 is 4.74 Å². The lowest BCUT2D eigenvalue weighted by molar-refractivity contribution is -0.0676. The summed E-state index contributed by atoms with van der Waals surface area (Å²) in [5.41, 5.74) is 2.61. The minimum atomic E-state index is -0.951. The van der Waals surface area contributed by atoms with Crippen molar-refractivity contribution >= 4 is 0 Å². The summed E-state index contributed by atoms with van der Waals surface area (Å²) in [5.74, 6) is 0.876. The second-order valence-corrected chi connectivity index (χ2v) is 8.39. The van der Waals surface area contributed by atoms with Crippen LogP contribution in [0, 0.1) is 20.8 Å². The highest BCUT2D eigenvalue weighted by atomic mass is 16.5. The Bertz CT molecular complexity index is 595. The third-order valence-corrected chi connectivity index (χ3v) is 5.99. The van der Waals surface area contributed by atoms with E-state index >= 15 is 0 Å². The summed E-state index contributed by atoms with van der Waals surface area (Å²) < 4.78 is 11.9. The maximum absolute atomic E-state index is 11.2. The standard InChI is InChI=1S/C22H35NO3/c1-17-12-18(2)19(3)21(13-17)26-16-22(24)14-23(10-11-25-15-22)20-8-6-4-5-7-9-20/h12-13,20,24H,4-11,14-16H2,1-3H3/t22-/m0/s1. The highest BCUT2D eigenvalue weighted by molar-refractivity contribution is 5.42. The molecule has 1 aromatic carbocycles. The van der Waals surface area contributed by atoms with Crippen LogP contribution in [-0.4, -0.2) is 54.6 Å². The Morgan fingerprint density at radius 3 is 2.62 bits per heavy atom. The zero-order chi connectivity index (χ0) is 18.6. The number of rotatable bonds is 4. The Labute approximate surface area is 158 Å². The van der Waals surface area contributed by atoms with Crippen LogP contribution in [0.3, 0.4) is 0 Å². The molecule has 3 rings (SSSR count). The van der Waals surface area contributed by atoms with Gasteiger partial charge in [0.2, 0.25) is 0 Å². The Hall–Kier alpha value is -1.10. The van der Waals surface area contributed by atoms with Crippen LogP contribution in [0.1, 0.15) is 55.2 Å². The largest absolute Gasteiger partial charge is 0.490 e. The van der Waals surface area contributed by atoms with Gasteiger partial charge < -0.3 is 14.6 Å². The molecule has 146 valence electrons. The quantitative estimate of drug-likeness (QED) is 0.829. The van der Waals surface area contributed by atoms with Gasteiger partial charge in [0, 0.05) is 19.1 Å². The summed E-state index contributed by atoms with van der Waals surface area (Å²) in [6, 6.07) is 4.81. The first-order valence-corrected chi connectivity index (χ1v) is 10.2. The lowest BCUT2D eigenvalue weighted by atomic mass is 10.0. The Kier molecular flexibility index (Phi) is 6.60. The van der Waals surface area contributed by atoms with Gasteiger partial charge in [-0.1, -0.05) is 31.7 Å². The lowest BCUT2D eigenvalue weighted by Crippen LogP contribution is -2.51. The molecule has 1 heterocycles. The minimum absolute atomic E-state index is 0.278. The maximum Gasteiger partial charge on any atom is 0.134 e. The van der Waals surface area contributed by atoms with Crippen molar-refractivity contribution in [2.75, 3.05) is 32.9 Å². The Morgan fingerprint density at radius 1 is 1.15 bits per heavy atom. The van der Waals surface area contributed by atoms with Crippen molar-refractivity contribution in [3.63, 3.8) is 0 Å². The smallest absolute Gasteiger partial charge is 0.134 e. The summed E-state index contributed by atoms with van der Waals surface area (Å²) in [7, 11) is 0. The van der Waals surface area contributed by atoms with E-state index in [1.165, 1.54) is 49.7 Å². The number of β-amino-alcohol motifs (C(OH)–C–C–N with tert-alkyl or cyclic N) is 1. The van der Waals surface area contributed by atoms with Crippen molar-refractivity contribution in [2.45, 2.75) is 70.9 Å². The van der Waals surface area contributed by atoms with E-state index in [9.17, 15) is 5.11 Å². The van der Waals surface area contributed by atoms with E-state index in [0.29, 0.717) is 25.8 Å². The van der Waals surface area contributed by atoms with Gasteiger partial charge in [0.15, 0.2) is 0 Å². The first-order valence-electron chi connectivity index (χ1n) is 10.2. The van der Waals surface area contributed by atoms with Gasteiger partial charge in [0.25, 0.3) is 0 Å². The molecule has 0 aromatic heterocycles. The van der Waals surface area contributed by atoms with Gasteiger partial charge in [0.05, 0.1) is 13.2 Å². The molecule has 1 N–H and O–H groups in total. The van der Waals surface area contributed by atoms with Crippen LogP contribution in [0.25, 0.3) is 0 Å². The molecular formula is C22H35NO3. The van der Waals surface area contributed by atoms with E-state index in [-0.39, 0.29) is 6.61 Å². The van der Waals surface area contributed by atoms with Gasteiger partial charge in [-0.15, -0.1) is 0 Å². The first kappa shape index (κ1) is 19.7. The second-order valence-electron chi connectivity index (χ2n) is 8.39. The predicted molar refractivity (Wildman–Crippen MR) is 105 cm³/mol. The van der Waals surface area contributed by atoms with Gasteiger partial charge in [0.1, 0.15) is 18.0 Å². The maximum atomic E-state index is 11.2. The molecular weight excluding hydrogens is 326 g/mol. The van der Waals surface area contributed by atoms with Crippen LogP contribution in [0.2, 0.25) is 0 Å². The molecule has 0 radical (unpaired) electrons. The normalized spacial score (nSPS) is 26.3. The Balaban J connectivity index is 1.67. The Morgan fingerprint density at radius 2 is 1.88 bits per heavy atom. The number of aryl methyl sites for hydroxylation is 2. The van der Waals surface area contributed by atoms with E-state index in [2.05, 4.69) is 37.8 Å². The van der Waals surface area contributed by atoms with Gasteiger partial charge >= 0.3 is 0 Å². The highest BCUT2D eigenvalue weighted by Gasteiger charge is 2.36. The van der Waals surface area contributed by atoms with Crippen molar-refractivity contribution in [1.82, 2.24) is 4.90 Å². The fraction of sp³-hybridized carbons (Fsp3) is 0.727. The van der Waals surface area contributed by atoms with E-state index in [1.807, 2.05) is 0 Å². The average Bonchev–Trinajstić information content (AvgIpc) is 2.98. The number of benzene rings is 1. The van der Waals surface area contributed by atoms with E-state index in [1.54, 1.807) is 0 Å². The van der Waals surface area contributed by atoms with Crippen molar-refractivity contribution in [2.24, 2.45) is 0 Å². The molecule has 1 aromatic rings.